The molecule has 4 N–H and O–H groups in total. The van der Waals surface area contributed by atoms with Gasteiger partial charge < -0.3 is 15.7 Å². The van der Waals surface area contributed by atoms with E-state index < -0.39 is 0 Å². The summed E-state index contributed by atoms with van der Waals surface area (Å²) in [5, 5.41) is 9.26. The first kappa shape index (κ1) is 8.09. The zero-order chi connectivity index (χ0) is 8.27. The molecule has 1 unspecified atom stereocenters. The van der Waals surface area contributed by atoms with Crippen LogP contribution in [0.15, 0.2) is 4.52 Å². The SMILES string of the molecule is N=CCC(N)c1nc(=S)o[nH]1. The highest BCUT2D eigenvalue weighted by Gasteiger charge is 2.07. The number of nitrogens with one attached hydrogen (secondary N) is 2. The van der Waals surface area contributed by atoms with Gasteiger partial charge in [0.15, 0.2) is 5.82 Å². The topological polar surface area (TPSA) is 91.7 Å². The van der Waals surface area contributed by atoms with E-state index in [1.165, 1.54) is 6.21 Å². The standard InChI is InChI=1S/C5H8N4OS/c6-2-1-3(7)4-8-5(11)10-9-4/h2-3,6H,1,7H2,(H,8,9,11). The molecule has 1 aromatic heterocycles. The number of hydrogen-bond acceptors (Lipinski definition) is 5. The van der Waals surface area contributed by atoms with E-state index in [4.69, 9.17) is 11.1 Å². The summed E-state index contributed by atoms with van der Waals surface area (Å²) in [5.41, 5.74) is 5.57. The number of rotatable bonds is 3. The first-order chi connectivity index (χ1) is 5.24. The maximum absolute atomic E-state index is 6.79. The van der Waals surface area contributed by atoms with Gasteiger partial charge in [-0.05, 0) is 18.4 Å². The molecule has 0 bridgehead atoms. The molecule has 11 heavy (non-hydrogen) atoms. The third kappa shape index (κ3) is 1.95. The van der Waals surface area contributed by atoms with E-state index in [0.717, 1.165) is 0 Å². The smallest absolute Gasteiger partial charge is 0.314 e. The normalized spacial score (nSPS) is 12.8. The summed E-state index contributed by atoms with van der Waals surface area (Å²) in [4.78, 5) is 3.93. The fourth-order valence-electron chi connectivity index (χ4n) is 0.637. The summed E-state index contributed by atoms with van der Waals surface area (Å²) in [5.74, 6) is 0.485. The fourth-order valence-corrected chi connectivity index (χ4v) is 0.777. The van der Waals surface area contributed by atoms with Crippen molar-refractivity contribution in [2.45, 2.75) is 12.5 Å². The van der Waals surface area contributed by atoms with Gasteiger partial charge in [-0.3, -0.25) is 0 Å². The molecule has 6 heteroatoms. The highest BCUT2D eigenvalue weighted by atomic mass is 32.1. The minimum atomic E-state index is -0.326. The third-order valence-electron chi connectivity index (χ3n) is 1.18. The highest BCUT2D eigenvalue weighted by molar-refractivity contribution is 7.71. The van der Waals surface area contributed by atoms with Crippen molar-refractivity contribution in [3.8, 4) is 0 Å². The molecule has 0 saturated heterocycles. The van der Waals surface area contributed by atoms with Crippen LogP contribution in [-0.2, 0) is 0 Å². The van der Waals surface area contributed by atoms with Gasteiger partial charge in [-0.2, -0.15) is 4.98 Å². The van der Waals surface area contributed by atoms with Gasteiger partial charge >= 0.3 is 4.84 Å². The number of nitrogens with zero attached hydrogens (tertiary/aromatic N) is 1. The van der Waals surface area contributed by atoms with Crippen LogP contribution in [0.25, 0.3) is 0 Å². The van der Waals surface area contributed by atoms with E-state index in [1.54, 1.807) is 0 Å². The largest absolute Gasteiger partial charge is 0.348 e. The summed E-state index contributed by atoms with van der Waals surface area (Å²) in [6, 6.07) is -0.326. The number of aromatic nitrogens is 2. The molecule has 1 heterocycles. The van der Waals surface area contributed by atoms with Crippen LogP contribution < -0.4 is 5.73 Å². The second-order valence-corrected chi connectivity index (χ2v) is 2.36. The van der Waals surface area contributed by atoms with Crippen LogP contribution in [0.1, 0.15) is 18.3 Å². The van der Waals surface area contributed by atoms with E-state index in [-0.39, 0.29) is 10.9 Å². The molecule has 0 aliphatic heterocycles. The monoisotopic (exact) mass is 172 g/mol. The van der Waals surface area contributed by atoms with Crippen molar-refractivity contribution in [3.05, 3.63) is 10.7 Å². The predicted octanol–water partition coefficient (Wildman–Crippen LogP) is 0.772. The van der Waals surface area contributed by atoms with Gasteiger partial charge in [0.1, 0.15) is 0 Å². The maximum Gasteiger partial charge on any atom is 0.314 e. The Kier molecular flexibility index (Phi) is 2.50. The second kappa shape index (κ2) is 3.40. The maximum atomic E-state index is 6.79. The van der Waals surface area contributed by atoms with Crippen molar-refractivity contribution < 1.29 is 4.52 Å². The van der Waals surface area contributed by atoms with Gasteiger partial charge in [0, 0.05) is 6.42 Å². The van der Waals surface area contributed by atoms with Crippen LogP contribution in [0.5, 0.6) is 0 Å². The molecule has 0 fully saturated rings. The zero-order valence-electron chi connectivity index (χ0n) is 5.70. The minimum Gasteiger partial charge on any atom is -0.348 e. The summed E-state index contributed by atoms with van der Waals surface area (Å²) in [6.07, 6.45) is 1.65. The predicted molar refractivity (Wildman–Crippen MR) is 42.0 cm³/mol. The van der Waals surface area contributed by atoms with Crippen LogP contribution in [0.2, 0.25) is 0 Å². The van der Waals surface area contributed by atoms with Gasteiger partial charge in [-0.25, -0.2) is 5.16 Å². The van der Waals surface area contributed by atoms with E-state index in [9.17, 15) is 0 Å². The molecule has 0 amide bonds. The van der Waals surface area contributed by atoms with Gasteiger partial charge in [0.05, 0.1) is 6.04 Å². The molecule has 0 radical (unpaired) electrons. The van der Waals surface area contributed by atoms with Crippen molar-refractivity contribution >= 4 is 18.4 Å². The lowest BCUT2D eigenvalue weighted by Crippen LogP contribution is -2.12. The Morgan fingerprint density at radius 2 is 2.64 bits per heavy atom. The first-order valence-corrected chi connectivity index (χ1v) is 3.45. The van der Waals surface area contributed by atoms with Crippen molar-refractivity contribution in [2.75, 3.05) is 0 Å². The third-order valence-corrected chi connectivity index (χ3v) is 1.35. The second-order valence-electron chi connectivity index (χ2n) is 2.01. The van der Waals surface area contributed by atoms with Crippen LogP contribution in [0.4, 0.5) is 0 Å². The lowest BCUT2D eigenvalue weighted by molar-refractivity contribution is 0.394. The Morgan fingerprint density at radius 3 is 3.09 bits per heavy atom. The average Bonchev–Trinajstić information content (AvgIpc) is 2.36. The minimum absolute atomic E-state index is 0.139. The number of hydrogen-bond donors (Lipinski definition) is 3. The van der Waals surface area contributed by atoms with Gasteiger partial charge in [-0.1, -0.05) is 0 Å². The quantitative estimate of drug-likeness (QED) is 0.464. The van der Waals surface area contributed by atoms with Crippen molar-refractivity contribution in [1.82, 2.24) is 10.1 Å². The Bertz CT molecular complexity index is 291. The molecule has 1 atom stereocenters. The fraction of sp³-hybridized carbons (Fsp3) is 0.400. The number of nitrogens with two attached hydrogens (primary N) is 1. The Morgan fingerprint density at radius 1 is 1.91 bits per heavy atom. The molecule has 0 aliphatic rings. The molecular formula is C5H8N4OS. The first-order valence-electron chi connectivity index (χ1n) is 3.04. The van der Waals surface area contributed by atoms with E-state index >= 15 is 0 Å². The van der Waals surface area contributed by atoms with E-state index in [0.29, 0.717) is 12.2 Å². The summed E-state index contributed by atoms with van der Waals surface area (Å²) in [7, 11) is 0. The summed E-state index contributed by atoms with van der Waals surface area (Å²) in [6.45, 7) is 0. The lowest BCUT2D eigenvalue weighted by Gasteiger charge is -2.00. The Hall–Kier alpha value is -1.01. The van der Waals surface area contributed by atoms with Crippen molar-refractivity contribution in [2.24, 2.45) is 5.73 Å². The lowest BCUT2D eigenvalue weighted by atomic mass is 10.2. The average molecular weight is 172 g/mol. The molecule has 1 rings (SSSR count). The Labute approximate surface area is 68.1 Å². The molecule has 0 saturated carbocycles. The highest BCUT2D eigenvalue weighted by Crippen LogP contribution is 2.06. The molecular weight excluding hydrogens is 164 g/mol. The summed E-state index contributed by atoms with van der Waals surface area (Å²) >= 11 is 4.61. The van der Waals surface area contributed by atoms with Gasteiger partial charge in [0.2, 0.25) is 0 Å². The van der Waals surface area contributed by atoms with Crippen molar-refractivity contribution in [3.63, 3.8) is 0 Å². The van der Waals surface area contributed by atoms with Crippen LogP contribution in [0.3, 0.4) is 0 Å². The molecule has 0 aromatic carbocycles. The molecule has 0 spiro atoms. The van der Waals surface area contributed by atoms with Gasteiger partial charge in [-0.15, -0.1) is 0 Å². The molecule has 0 aliphatic carbocycles. The van der Waals surface area contributed by atoms with Crippen LogP contribution in [0, 0.1) is 10.2 Å². The zero-order valence-corrected chi connectivity index (χ0v) is 6.52. The molecule has 1 aromatic rings. The van der Waals surface area contributed by atoms with Crippen LogP contribution >= 0.6 is 12.2 Å². The number of aromatic amines is 1. The molecule has 60 valence electrons. The van der Waals surface area contributed by atoms with Crippen molar-refractivity contribution in [1.29, 1.82) is 5.41 Å². The van der Waals surface area contributed by atoms with E-state index in [2.05, 4.69) is 26.9 Å². The molecule has 5 nitrogen and oxygen atoms in total. The van der Waals surface area contributed by atoms with E-state index in [1.807, 2.05) is 0 Å². The number of H-pyrrole nitrogens is 1. The van der Waals surface area contributed by atoms with Gasteiger partial charge in [0.25, 0.3) is 0 Å². The van der Waals surface area contributed by atoms with Crippen LogP contribution in [-0.4, -0.2) is 16.4 Å². The summed E-state index contributed by atoms with van der Waals surface area (Å²) < 4.78 is 4.66. The Balaban J connectivity index is 2.75.